The molecule has 0 bridgehead atoms. The van der Waals surface area contributed by atoms with E-state index in [4.69, 9.17) is 0 Å². The lowest BCUT2D eigenvalue weighted by Gasteiger charge is -1.88. The summed E-state index contributed by atoms with van der Waals surface area (Å²) in [7, 11) is 1.46. The van der Waals surface area contributed by atoms with Crippen molar-refractivity contribution in [3.8, 4) is 0 Å². The van der Waals surface area contributed by atoms with E-state index in [1.165, 1.54) is 7.05 Å². The van der Waals surface area contributed by atoms with Crippen molar-refractivity contribution >= 4 is 0 Å². The van der Waals surface area contributed by atoms with Crippen molar-refractivity contribution in [1.82, 2.24) is 20.2 Å². The van der Waals surface area contributed by atoms with Crippen molar-refractivity contribution in [3.05, 3.63) is 15.7 Å². The molecule has 0 aliphatic carbocycles. The average Bonchev–Trinajstić information content (AvgIpc) is 2.15. The Morgan fingerprint density at radius 3 is 3.00 bits per heavy atom. The summed E-state index contributed by atoms with van der Waals surface area (Å²) < 4.78 is 1.10. The van der Waals surface area contributed by atoms with Gasteiger partial charge in [0.05, 0.1) is 0 Å². The van der Waals surface area contributed by atoms with E-state index in [1.807, 2.05) is 0 Å². The highest BCUT2D eigenvalue weighted by Crippen LogP contribution is 1.62. The van der Waals surface area contributed by atoms with Crippen molar-refractivity contribution in [2.24, 2.45) is 12.1 Å². The molecule has 0 atom stereocenters. The van der Waals surface area contributed by atoms with Crippen LogP contribution in [0, 0.1) is 10.1 Å². The van der Waals surface area contributed by atoms with Crippen LogP contribution in [0.15, 0.2) is 5.10 Å². The molecule has 0 aliphatic rings. The molecule has 0 spiro atoms. The van der Waals surface area contributed by atoms with Gasteiger partial charge in [0.15, 0.2) is 5.62 Å². The Kier molecular flexibility index (Phi) is 1.44. The van der Waals surface area contributed by atoms with E-state index in [2.05, 4.69) is 20.6 Å². The fourth-order valence-corrected chi connectivity index (χ4v) is 0.382. The molecule has 0 fully saturated rings. The van der Waals surface area contributed by atoms with Gasteiger partial charge < -0.3 is 4.68 Å². The first-order valence-electron chi connectivity index (χ1n) is 2.28. The van der Waals surface area contributed by atoms with Gasteiger partial charge in [0, 0.05) is 0 Å². The Morgan fingerprint density at radius 2 is 2.60 bits per heavy atom. The number of aromatic nitrogens is 4. The second-order valence-corrected chi connectivity index (χ2v) is 1.44. The molecule has 0 radical (unpaired) electrons. The van der Waals surface area contributed by atoms with Gasteiger partial charge in [-0.3, -0.25) is 0 Å². The fourth-order valence-electron chi connectivity index (χ4n) is 0.382. The van der Waals surface area contributed by atoms with Crippen LogP contribution in [0.25, 0.3) is 0 Å². The van der Waals surface area contributed by atoms with Gasteiger partial charge in [-0.1, -0.05) is 0 Å². The van der Waals surface area contributed by atoms with Crippen LogP contribution < -0.4 is 10.7 Å². The average molecular weight is 143 g/mol. The Balaban J connectivity index is 3.15. The molecule has 0 saturated heterocycles. The van der Waals surface area contributed by atoms with E-state index in [0.29, 0.717) is 0 Å². The molecule has 0 unspecified atom stereocenters. The van der Waals surface area contributed by atoms with Gasteiger partial charge in [-0.05, 0) is 12.1 Å². The largest absolute Gasteiger partial charge is 0.329 e. The van der Waals surface area contributed by atoms with E-state index >= 15 is 0 Å². The standard InChI is InChI=1S/C2H3N6O2/c1-7-2(3-5-6-7)4-8(9)10/h1H3/q-1. The second-order valence-electron chi connectivity index (χ2n) is 1.44. The topological polar surface area (TPSA) is 100 Å². The monoisotopic (exact) mass is 143 g/mol. The number of aryl methyl sites for hydroxylation is 1. The van der Waals surface area contributed by atoms with E-state index in [1.54, 1.807) is 0 Å². The zero-order valence-electron chi connectivity index (χ0n) is 5.00. The van der Waals surface area contributed by atoms with Gasteiger partial charge in [0.25, 0.3) is 0 Å². The lowest BCUT2D eigenvalue weighted by atomic mass is 11.1. The third-order valence-corrected chi connectivity index (χ3v) is 0.769. The first-order chi connectivity index (χ1) is 4.70. The molecule has 1 rings (SSSR count). The predicted octanol–water partition coefficient (Wildman–Crippen LogP) is -2.14. The highest BCUT2D eigenvalue weighted by molar-refractivity contribution is 4.39. The van der Waals surface area contributed by atoms with Gasteiger partial charge in [-0.25, -0.2) is 20.4 Å². The van der Waals surface area contributed by atoms with Crippen LogP contribution in [0.4, 0.5) is 0 Å². The van der Waals surface area contributed by atoms with Crippen molar-refractivity contribution in [2.45, 2.75) is 0 Å². The van der Waals surface area contributed by atoms with Gasteiger partial charge >= 0.3 is 0 Å². The Morgan fingerprint density at radius 1 is 1.90 bits per heavy atom. The zero-order valence-corrected chi connectivity index (χ0v) is 5.00. The summed E-state index contributed by atoms with van der Waals surface area (Å²) in [6.45, 7) is 0. The van der Waals surface area contributed by atoms with Crippen molar-refractivity contribution in [1.29, 1.82) is 0 Å². The molecule has 0 amide bonds. The predicted molar refractivity (Wildman–Crippen MR) is 26.9 cm³/mol. The molecule has 10 heavy (non-hydrogen) atoms. The highest BCUT2D eigenvalue weighted by Gasteiger charge is 1.84. The molecular formula is C2H3N6O2-. The van der Waals surface area contributed by atoms with Crippen LogP contribution in [-0.4, -0.2) is 20.1 Å². The maximum Gasteiger partial charge on any atom is 0.170 e. The van der Waals surface area contributed by atoms with E-state index in [-0.39, 0.29) is 5.62 Å². The number of hydrogen-bond donors (Lipinski definition) is 0. The fraction of sp³-hybridized carbons (Fsp3) is 0.500. The van der Waals surface area contributed by atoms with Crippen LogP contribution in [0.5, 0.6) is 0 Å². The number of nitrogens with zero attached hydrogens (tertiary/aromatic N) is 6. The van der Waals surface area contributed by atoms with E-state index < -0.39 is 5.03 Å². The molecule has 8 nitrogen and oxygen atoms in total. The first kappa shape index (κ1) is 6.39. The molecular weight excluding hydrogens is 140 g/mol. The lowest BCUT2D eigenvalue weighted by Crippen LogP contribution is -2.19. The van der Waals surface area contributed by atoms with Crippen LogP contribution in [0.3, 0.4) is 0 Å². The second kappa shape index (κ2) is 2.25. The van der Waals surface area contributed by atoms with E-state index in [9.17, 15) is 10.1 Å². The van der Waals surface area contributed by atoms with E-state index in [0.717, 1.165) is 4.68 Å². The van der Waals surface area contributed by atoms with Crippen LogP contribution >= 0.6 is 0 Å². The summed E-state index contributed by atoms with van der Waals surface area (Å²) in [6.07, 6.45) is 0. The molecule has 1 aromatic rings. The quantitative estimate of drug-likeness (QED) is 0.330. The number of hydrogen-bond acceptors (Lipinski definition) is 4. The van der Waals surface area contributed by atoms with Crippen LogP contribution in [0.2, 0.25) is 0 Å². The maximum atomic E-state index is 9.75. The number of nitro groups is 1. The maximum absolute atomic E-state index is 9.75. The minimum absolute atomic E-state index is 0.120. The van der Waals surface area contributed by atoms with Gasteiger partial charge in [0.1, 0.15) is 5.03 Å². The summed E-state index contributed by atoms with van der Waals surface area (Å²) in [5, 5.41) is 21.5. The highest BCUT2D eigenvalue weighted by atomic mass is 16.7. The molecule has 0 N–H and O–H groups in total. The van der Waals surface area contributed by atoms with Crippen molar-refractivity contribution in [3.63, 3.8) is 0 Å². The Hall–Kier alpha value is -1.73. The summed E-state index contributed by atoms with van der Waals surface area (Å²) in [6, 6.07) is 0. The third-order valence-electron chi connectivity index (χ3n) is 0.769. The SMILES string of the molecule is Cn1nn[n-]/c1=N\[N+](=O)[O-]. The molecule has 8 heteroatoms. The van der Waals surface area contributed by atoms with Gasteiger partial charge in [-0.2, -0.15) is 0 Å². The summed E-state index contributed by atoms with van der Waals surface area (Å²) in [4.78, 5) is 9.75. The zero-order chi connectivity index (χ0) is 7.56. The molecule has 1 aromatic heterocycles. The molecule has 1 heterocycles. The number of rotatable bonds is 1. The Bertz CT molecular complexity index is 295. The minimum atomic E-state index is -0.855. The summed E-state index contributed by atoms with van der Waals surface area (Å²) >= 11 is 0. The Labute approximate surface area is 54.3 Å². The molecule has 0 aromatic carbocycles. The van der Waals surface area contributed by atoms with Crippen molar-refractivity contribution < 1.29 is 5.03 Å². The van der Waals surface area contributed by atoms with Crippen LogP contribution in [0.1, 0.15) is 0 Å². The molecule has 54 valence electrons. The lowest BCUT2D eigenvalue weighted by molar-refractivity contribution is -0.491. The number of tetrazole rings is 1. The molecule has 0 saturated carbocycles. The summed E-state index contributed by atoms with van der Waals surface area (Å²) in [5.41, 5.74) is -0.120. The van der Waals surface area contributed by atoms with Crippen molar-refractivity contribution in [2.75, 3.05) is 0 Å². The third kappa shape index (κ3) is 1.16. The minimum Gasteiger partial charge on any atom is -0.329 e. The first-order valence-corrected chi connectivity index (χ1v) is 2.28. The van der Waals surface area contributed by atoms with Gasteiger partial charge in [0.2, 0.25) is 0 Å². The van der Waals surface area contributed by atoms with Crippen LogP contribution in [-0.2, 0) is 7.05 Å². The van der Waals surface area contributed by atoms with Gasteiger partial charge in [-0.15, -0.1) is 5.21 Å². The summed E-state index contributed by atoms with van der Waals surface area (Å²) in [5.74, 6) is 0. The smallest absolute Gasteiger partial charge is 0.170 e. The normalized spacial score (nSPS) is 11.9. The molecule has 0 aliphatic heterocycles.